The smallest absolute Gasteiger partial charge is 0.184 e. The third-order valence-corrected chi connectivity index (χ3v) is 6.79. The summed E-state index contributed by atoms with van der Waals surface area (Å²) in [6.45, 7) is 10.5. The molecule has 0 amide bonds. The lowest BCUT2D eigenvalue weighted by atomic mass is 9.62. The Hall–Kier alpha value is -1.20. The highest BCUT2D eigenvalue weighted by Crippen LogP contribution is 2.48. The summed E-state index contributed by atoms with van der Waals surface area (Å²) in [6.07, 6.45) is 1.27. The SMILES string of the molecule is CC1(C)CCC(C)(C)c2cc(C(O)c3ccsc3)c(C3OCCO3)cc21. The molecule has 1 aliphatic carbocycles. The van der Waals surface area contributed by atoms with Crippen LogP contribution in [0.1, 0.15) is 80.7 Å². The average Bonchev–Trinajstić information content (AvgIpc) is 3.30. The molecule has 2 aliphatic rings. The molecule has 140 valence electrons. The zero-order valence-corrected chi connectivity index (χ0v) is 16.9. The normalized spacial score (nSPS) is 23.0. The van der Waals surface area contributed by atoms with Crippen molar-refractivity contribution in [2.45, 2.75) is 63.8 Å². The Labute approximate surface area is 160 Å². The molecule has 0 bridgehead atoms. The Kier molecular flexibility index (Phi) is 4.51. The van der Waals surface area contributed by atoms with E-state index in [0.29, 0.717) is 13.2 Å². The second-order valence-electron chi connectivity index (χ2n) is 8.83. The highest BCUT2D eigenvalue weighted by atomic mass is 32.1. The zero-order chi connectivity index (χ0) is 18.5. The van der Waals surface area contributed by atoms with Crippen molar-refractivity contribution in [2.75, 3.05) is 13.2 Å². The Bertz CT molecular complexity index is 786. The minimum atomic E-state index is -0.657. The number of hydrogen-bond donors (Lipinski definition) is 1. The predicted molar refractivity (Wildman–Crippen MR) is 105 cm³/mol. The van der Waals surface area contributed by atoms with Gasteiger partial charge in [0.1, 0.15) is 6.10 Å². The van der Waals surface area contributed by atoms with Crippen molar-refractivity contribution >= 4 is 11.3 Å². The number of aliphatic hydroxyl groups excluding tert-OH is 1. The largest absolute Gasteiger partial charge is 0.384 e. The van der Waals surface area contributed by atoms with E-state index >= 15 is 0 Å². The van der Waals surface area contributed by atoms with Crippen LogP contribution in [0.15, 0.2) is 29.0 Å². The molecular formula is C22H28O3S. The summed E-state index contributed by atoms with van der Waals surface area (Å²) >= 11 is 1.61. The number of fused-ring (bicyclic) bond motifs is 1. The van der Waals surface area contributed by atoms with E-state index in [1.165, 1.54) is 11.1 Å². The first-order chi connectivity index (χ1) is 12.3. The molecular weight excluding hydrogens is 344 g/mol. The molecule has 4 heteroatoms. The Morgan fingerprint density at radius 2 is 1.65 bits per heavy atom. The van der Waals surface area contributed by atoms with Crippen LogP contribution >= 0.6 is 11.3 Å². The predicted octanol–water partition coefficient (Wildman–Crippen LogP) is 5.22. The van der Waals surface area contributed by atoms with E-state index in [1.54, 1.807) is 11.3 Å². The molecule has 1 aliphatic heterocycles. The van der Waals surface area contributed by atoms with Gasteiger partial charge in [-0.1, -0.05) is 33.8 Å². The molecule has 1 fully saturated rings. The molecule has 2 heterocycles. The van der Waals surface area contributed by atoms with Crippen LogP contribution in [-0.2, 0) is 20.3 Å². The van der Waals surface area contributed by atoms with Crippen molar-refractivity contribution in [2.24, 2.45) is 0 Å². The first kappa shape index (κ1) is 18.2. The Morgan fingerprint density at radius 1 is 1.04 bits per heavy atom. The van der Waals surface area contributed by atoms with Gasteiger partial charge in [0.15, 0.2) is 6.29 Å². The minimum absolute atomic E-state index is 0.101. The number of ether oxygens (including phenoxy) is 2. The molecule has 0 saturated carbocycles. The molecule has 1 N–H and O–H groups in total. The summed E-state index contributed by atoms with van der Waals surface area (Å²) in [6, 6.07) is 6.46. The van der Waals surface area contributed by atoms with Gasteiger partial charge in [0.25, 0.3) is 0 Å². The minimum Gasteiger partial charge on any atom is -0.384 e. The summed E-state index contributed by atoms with van der Waals surface area (Å²) in [4.78, 5) is 0. The molecule has 0 spiro atoms. The lowest BCUT2D eigenvalue weighted by molar-refractivity contribution is -0.0458. The highest BCUT2D eigenvalue weighted by Gasteiger charge is 2.39. The van der Waals surface area contributed by atoms with Gasteiger partial charge in [-0.15, -0.1) is 0 Å². The lowest BCUT2D eigenvalue weighted by Crippen LogP contribution is -2.34. The number of thiophene rings is 1. The monoisotopic (exact) mass is 372 g/mol. The molecule has 1 aromatic heterocycles. The quantitative estimate of drug-likeness (QED) is 0.802. The second-order valence-corrected chi connectivity index (χ2v) is 9.61. The van der Waals surface area contributed by atoms with Crippen LogP contribution in [0, 0.1) is 0 Å². The van der Waals surface area contributed by atoms with Gasteiger partial charge in [-0.2, -0.15) is 11.3 Å². The summed E-state index contributed by atoms with van der Waals surface area (Å²) in [7, 11) is 0. The van der Waals surface area contributed by atoms with Crippen molar-refractivity contribution in [3.05, 3.63) is 56.8 Å². The fourth-order valence-corrected chi connectivity index (χ4v) is 4.92. The van der Waals surface area contributed by atoms with Gasteiger partial charge in [-0.3, -0.25) is 0 Å². The Morgan fingerprint density at radius 3 is 2.23 bits per heavy atom. The van der Waals surface area contributed by atoms with E-state index < -0.39 is 6.10 Å². The third-order valence-electron chi connectivity index (χ3n) is 6.09. The summed E-state index contributed by atoms with van der Waals surface area (Å²) < 4.78 is 11.7. The first-order valence-electron chi connectivity index (χ1n) is 9.42. The van der Waals surface area contributed by atoms with E-state index in [4.69, 9.17) is 9.47 Å². The van der Waals surface area contributed by atoms with Crippen molar-refractivity contribution in [1.29, 1.82) is 0 Å². The maximum absolute atomic E-state index is 11.1. The number of hydrogen-bond acceptors (Lipinski definition) is 4. The molecule has 4 rings (SSSR count). The van der Waals surface area contributed by atoms with Gasteiger partial charge in [-0.05, 0) is 68.8 Å². The fourth-order valence-electron chi connectivity index (χ4n) is 4.24. The zero-order valence-electron chi connectivity index (χ0n) is 16.0. The van der Waals surface area contributed by atoms with Gasteiger partial charge in [0.05, 0.1) is 13.2 Å². The second kappa shape index (κ2) is 6.45. The van der Waals surface area contributed by atoms with E-state index in [1.807, 2.05) is 16.8 Å². The summed E-state index contributed by atoms with van der Waals surface area (Å²) in [5.74, 6) is 0. The van der Waals surface area contributed by atoms with E-state index in [2.05, 4.69) is 39.8 Å². The fraction of sp³-hybridized carbons (Fsp3) is 0.545. The molecule has 1 saturated heterocycles. The molecule has 26 heavy (non-hydrogen) atoms. The number of benzene rings is 1. The topological polar surface area (TPSA) is 38.7 Å². The number of aliphatic hydroxyl groups is 1. The highest BCUT2D eigenvalue weighted by molar-refractivity contribution is 7.08. The van der Waals surface area contributed by atoms with E-state index in [0.717, 1.165) is 29.5 Å². The van der Waals surface area contributed by atoms with Gasteiger partial charge >= 0.3 is 0 Å². The maximum atomic E-state index is 11.1. The van der Waals surface area contributed by atoms with Crippen LogP contribution in [-0.4, -0.2) is 18.3 Å². The van der Waals surface area contributed by atoms with Crippen LogP contribution in [0.25, 0.3) is 0 Å². The molecule has 2 aromatic rings. The van der Waals surface area contributed by atoms with Crippen LogP contribution in [0.4, 0.5) is 0 Å². The van der Waals surface area contributed by atoms with Crippen LogP contribution in [0.2, 0.25) is 0 Å². The van der Waals surface area contributed by atoms with E-state index in [-0.39, 0.29) is 17.1 Å². The molecule has 3 nitrogen and oxygen atoms in total. The average molecular weight is 373 g/mol. The van der Waals surface area contributed by atoms with Crippen molar-refractivity contribution in [3.8, 4) is 0 Å². The third kappa shape index (κ3) is 3.03. The van der Waals surface area contributed by atoms with Gasteiger partial charge < -0.3 is 14.6 Å². The van der Waals surface area contributed by atoms with Gasteiger partial charge in [0, 0.05) is 5.56 Å². The molecule has 1 atom stereocenters. The number of rotatable bonds is 3. The summed E-state index contributed by atoms with van der Waals surface area (Å²) in [5.41, 5.74) is 5.75. The molecule has 0 radical (unpaired) electrons. The van der Waals surface area contributed by atoms with Crippen molar-refractivity contribution in [3.63, 3.8) is 0 Å². The molecule has 1 unspecified atom stereocenters. The van der Waals surface area contributed by atoms with Crippen LogP contribution < -0.4 is 0 Å². The summed E-state index contributed by atoms with van der Waals surface area (Å²) in [5, 5.41) is 15.1. The first-order valence-corrected chi connectivity index (χ1v) is 10.4. The van der Waals surface area contributed by atoms with Gasteiger partial charge in [-0.25, -0.2) is 0 Å². The maximum Gasteiger partial charge on any atom is 0.184 e. The molecule has 1 aromatic carbocycles. The van der Waals surface area contributed by atoms with Crippen molar-refractivity contribution < 1.29 is 14.6 Å². The Balaban J connectivity index is 1.91. The standard InChI is InChI=1S/C22H28O3S/c1-21(2)6-7-22(3,4)18-12-16(20-24-8-9-25-20)15(11-17(18)21)19(23)14-5-10-26-13-14/h5,10-13,19-20,23H,6-9H2,1-4H3. The van der Waals surface area contributed by atoms with Crippen LogP contribution in [0.5, 0.6) is 0 Å². The van der Waals surface area contributed by atoms with Crippen molar-refractivity contribution in [1.82, 2.24) is 0 Å². The van der Waals surface area contributed by atoms with E-state index in [9.17, 15) is 5.11 Å². The lowest BCUT2D eigenvalue weighted by Gasteiger charge is -2.43. The van der Waals surface area contributed by atoms with Crippen LogP contribution in [0.3, 0.4) is 0 Å². The van der Waals surface area contributed by atoms with Gasteiger partial charge in [0.2, 0.25) is 0 Å².